The van der Waals surface area contributed by atoms with E-state index in [1.54, 1.807) is 0 Å². The lowest BCUT2D eigenvalue weighted by molar-refractivity contribution is 0.0597. The Labute approximate surface area is 114 Å². The summed E-state index contributed by atoms with van der Waals surface area (Å²) in [6.07, 6.45) is 3.93. The molecule has 1 aliphatic carbocycles. The van der Waals surface area contributed by atoms with Gasteiger partial charge in [-0.25, -0.2) is 0 Å². The normalized spacial score (nSPS) is 19.5. The number of nitrogens with one attached hydrogen (secondary N) is 1. The van der Waals surface area contributed by atoms with E-state index < -0.39 is 0 Å². The lowest BCUT2D eigenvalue weighted by Crippen LogP contribution is -2.56. The molecular formula is C15H22N2O2. The predicted molar refractivity (Wildman–Crippen MR) is 74.5 cm³/mol. The molecule has 0 radical (unpaired) electrons. The van der Waals surface area contributed by atoms with Gasteiger partial charge in [-0.15, -0.1) is 0 Å². The summed E-state index contributed by atoms with van der Waals surface area (Å²) >= 11 is 0. The lowest BCUT2D eigenvalue weighted by atomic mass is 9.75. The van der Waals surface area contributed by atoms with Gasteiger partial charge in [-0.1, -0.05) is 12.1 Å². The highest BCUT2D eigenvalue weighted by Gasteiger charge is 2.38. The second-order valence-electron chi connectivity index (χ2n) is 5.73. The number of para-hydroxylation sites is 1. The van der Waals surface area contributed by atoms with E-state index in [0.29, 0.717) is 12.3 Å². The standard InChI is InChI=1S/C15H22N2O2/c1-17(2)15(7-4-8-15)10-16-9-12-5-3-6-13-14(12)19-11-18-13/h3,5-6,16H,4,7-11H2,1-2H3. The van der Waals surface area contributed by atoms with Crippen molar-refractivity contribution in [1.29, 1.82) is 0 Å². The van der Waals surface area contributed by atoms with Gasteiger partial charge in [0.2, 0.25) is 6.79 Å². The van der Waals surface area contributed by atoms with Crippen molar-refractivity contribution in [3.8, 4) is 11.5 Å². The van der Waals surface area contributed by atoms with Crippen LogP contribution in [-0.4, -0.2) is 37.9 Å². The molecule has 2 aliphatic rings. The molecule has 0 saturated heterocycles. The van der Waals surface area contributed by atoms with E-state index >= 15 is 0 Å². The first-order chi connectivity index (χ1) is 9.21. The molecule has 19 heavy (non-hydrogen) atoms. The summed E-state index contributed by atoms with van der Waals surface area (Å²) < 4.78 is 10.9. The Kier molecular flexibility index (Phi) is 3.37. The number of ether oxygens (including phenoxy) is 2. The highest BCUT2D eigenvalue weighted by molar-refractivity contribution is 5.48. The van der Waals surface area contributed by atoms with E-state index in [1.165, 1.54) is 24.8 Å². The molecule has 0 unspecified atom stereocenters. The largest absolute Gasteiger partial charge is 0.454 e. The van der Waals surface area contributed by atoms with Gasteiger partial charge in [-0.2, -0.15) is 0 Å². The second kappa shape index (κ2) is 5.02. The van der Waals surface area contributed by atoms with Crippen molar-refractivity contribution >= 4 is 0 Å². The first kappa shape index (κ1) is 12.8. The van der Waals surface area contributed by atoms with Gasteiger partial charge in [0.05, 0.1) is 0 Å². The first-order valence-electron chi connectivity index (χ1n) is 6.97. The van der Waals surface area contributed by atoms with Gasteiger partial charge in [0.1, 0.15) is 0 Å². The maximum Gasteiger partial charge on any atom is 0.231 e. The minimum Gasteiger partial charge on any atom is -0.454 e. The quantitative estimate of drug-likeness (QED) is 0.880. The SMILES string of the molecule is CN(C)C1(CNCc2cccc3c2OCO3)CCC1. The molecule has 1 aliphatic heterocycles. The number of likely N-dealkylation sites (N-methyl/N-ethyl adjacent to an activating group) is 1. The zero-order valence-corrected chi connectivity index (χ0v) is 11.7. The average Bonchev–Trinajstić information content (AvgIpc) is 2.80. The van der Waals surface area contributed by atoms with Crippen molar-refractivity contribution in [1.82, 2.24) is 10.2 Å². The van der Waals surface area contributed by atoms with Crippen LogP contribution in [0.15, 0.2) is 18.2 Å². The molecule has 0 aromatic heterocycles. The number of nitrogens with zero attached hydrogens (tertiary/aromatic N) is 1. The van der Waals surface area contributed by atoms with E-state index in [1.807, 2.05) is 12.1 Å². The van der Waals surface area contributed by atoms with Gasteiger partial charge < -0.3 is 19.7 Å². The molecule has 104 valence electrons. The number of fused-ring (bicyclic) bond motifs is 1. The third-order valence-corrected chi connectivity index (χ3v) is 4.48. The van der Waals surface area contributed by atoms with Crippen LogP contribution in [0.3, 0.4) is 0 Å². The van der Waals surface area contributed by atoms with Crippen LogP contribution >= 0.6 is 0 Å². The van der Waals surface area contributed by atoms with Crippen LogP contribution in [0.2, 0.25) is 0 Å². The zero-order valence-electron chi connectivity index (χ0n) is 11.7. The Morgan fingerprint density at radius 1 is 1.26 bits per heavy atom. The van der Waals surface area contributed by atoms with Gasteiger partial charge >= 0.3 is 0 Å². The Bertz CT molecular complexity index is 455. The molecule has 4 nitrogen and oxygen atoms in total. The molecule has 1 N–H and O–H groups in total. The molecule has 1 saturated carbocycles. The highest BCUT2D eigenvalue weighted by atomic mass is 16.7. The summed E-state index contributed by atoms with van der Waals surface area (Å²) in [7, 11) is 4.36. The minimum absolute atomic E-state index is 0.341. The number of hydrogen-bond acceptors (Lipinski definition) is 4. The van der Waals surface area contributed by atoms with Crippen LogP contribution < -0.4 is 14.8 Å². The summed E-state index contributed by atoms with van der Waals surface area (Å²) in [6, 6.07) is 6.08. The van der Waals surface area contributed by atoms with E-state index in [0.717, 1.165) is 24.6 Å². The van der Waals surface area contributed by atoms with Crippen LogP contribution in [0.1, 0.15) is 24.8 Å². The third-order valence-electron chi connectivity index (χ3n) is 4.48. The van der Waals surface area contributed by atoms with Gasteiger partial charge in [0, 0.05) is 24.2 Å². The molecular weight excluding hydrogens is 240 g/mol. The van der Waals surface area contributed by atoms with Crippen molar-refractivity contribution in [2.24, 2.45) is 0 Å². The van der Waals surface area contributed by atoms with E-state index in [-0.39, 0.29) is 0 Å². The van der Waals surface area contributed by atoms with Crippen molar-refractivity contribution in [2.45, 2.75) is 31.3 Å². The van der Waals surface area contributed by atoms with Crippen molar-refractivity contribution in [3.05, 3.63) is 23.8 Å². The average molecular weight is 262 g/mol. The molecule has 1 heterocycles. The fourth-order valence-corrected chi connectivity index (χ4v) is 2.93. The summed E-state index contributed by atoms with van der Waals surface area (Å²) in [4.78, 5) is 2.36. The van der Waals surface area contributed by atoms with E-state index in [9.17, 15) is 0 Å². The maximum atomic E-state index is 5.53. The zero-order chi connectivity index (χ0) is 13.3. The van der Waals surface area contributed by atoms with Crippen LogP contribution in [0.5, 0.6) is 11.5 Å². The number of benzene rings is 1. The van der Waals surface area contributed by atoms with Crippen LogP contribution in [0, 0.1) is 0 Å². The Balaban J connectivity index is 1.60. The predicted octanol–water partition coefficient (Wildman–Crippen LogP) is 1.99. The molecule has 1 aromatic carbocycles. The summed E-state index contributed by atoms with van der Waals surface area (Å²) in [5.74, 6) is 1.77. The van der Waals surface area contributed by atoms with Crippen LogP contribution in [0.25, 0.3) is 0 Å². The minimum atomic E-state index is 0.341. The van der Waals surface area contributed by atoms with Crippen LogP contribution in [0.4, 0.5) is 0 Å². The van der Waals surface area contributed by atoms with Crippen LogP contribution in [-0.2, 0) is 6.54 Å². The molecule has 1 fully saturated rings. The number of rotatable bonds is 5. The van der Waals surface area contributed by atoms with Gasteiger partial charge in [-0.05, 0) is 39.4 Å². The summed E-state index contributed by atoms with van der Waals surface area (Å²) in [6.45, 7) is 2.21. The molecule has 3 rings (SSSR count). The molecule has 0 atom stereocenters. The first-order valence-corrected chi connectivity index (χ1v) is 6.97. The molecule has 1 aromatic rings. The fraction of sp³-hybridized carbons (Fsp3) is 0.600. The van der Waals surface area contributed by atoms with E-state index in [4.69, 9.17) is 9.47 Å². The maximum absolute atomic E-state index is 5.53. The Morgan fingerprint density at radius 3 is 2.79 bits per heavy atom. The Morgan fingerprint density at radius 2 is 2.11 bits per heavy atom. The molecule has 4 heteroatoms. The van der Waals surface area contributed by atoms with Crippen molar-refractivity contribution in [3.63, 3.8) is 0 Å². The summed E-state index contributed by atoms with van der Waals surface area (Å²) in [5, 5.41) is 3.58. The fourth-order valence-electron chi connectivity index (χ4n) is 2.93. The molecule has 0 amide bonds. The van der Waals surface area contributed by atoms with Gasteiger partial charge in [0.25, 0.3) is 0 Å². The molecule has 0 bridgehead atoms. The Hall–Kier alpha value is -1.26. The molecule has 0 spiro atoms. The van der Waals surface area contributed by atoms with Crippen molar-refractivity contribution < 1.29 is 9.47 Å². The van der Waals surface area contributed by atoms with E-state index in [2.05, 4.69) is 30.4 Å². The smallest absolute Gasteiger partial charge is 0.231 e. The second-order valence-corrected chi connectivity index (χ2v) is 5.73. The highest BCUT2D eigenvalue weighted by Crippen LogP contribution is 2.37. The monoisotopic (exact) mass is 262 g/mol. The lowest BCUT2D eigenvalue weighted by Gasteiger charge is -2.47. The third kappa shape index (κ3) is 2.30. The van der Waals surface area contributed by atoms with Crippen molar-refractivity contribution in [2.75, 3.05) is 27.4 Å². The summed E-state index contributed by atoms with van der Waals surface area (Å²) in [5.41, 5.74) is 1.54. The van der Waals surface area contributed by atoms with Gasteiger partial charge in [-0.3, -0.25) is 0 Å². The number of hydrogen-bond donors (Lipinski definition) is 1. The van der Waals surface area contributed by atoms with Gasteiger partial charge in [0.15, 0.2) is 11.5 Å². The topological polar surface area (TPSA) is 33.7 Å².